The maximum Gasteiger partial charge on any atom is 0.379 e. The van der Waals surface area contributed by atoms with E-state index in [-0.39, 0.29) is 0 Å². The van der Waals surface area contributed by atoms with Gasteiger partial charge >= 0.3 is 5.79 Å². The lowest BCUT2D eigenvalue weighted by Gasteiger charge is -2.34. The Morgan fingerprint density at radius 3 is 2.21 bits per heavy atom. The highest BCUT2D eigenvalue weighted by molar-refractivity contribution is 8.13. The lowest BCUT2D eigenvalue weighted by atomic mass is 10.1. The minimum absolute atomic E-state index is 0.408. The van der Waals surface area contributed by atoms with Gasteiger partial charge in [-0.15, -0.1) is 0 Å². The number of amidine groups is 1. The van der Waals surface area contributed by atoms with E-state index in [4.69, 9.17) is 16.6 Å². The van der Waals surface area contributed by atoms with Crippen LogP contribution in [0.5, 0.6) is 0 Å². The molecule has 1 aliphatic rings. The van der Waals surface area contributed by atoms with E-state index in [1.54, 1.807) is 11.8 Å². The van der Waals surface area contributed by atoms with E-state index >= 15 is 0 Å². The molecule has 0 aliphatic carbocycles. The number of aliphatic imine (C=N–C) groups is 1. The summed E-state index contributed by atoms with van der Waals surface area (Å²) >= 11 is 7.81. The van der Waals surface area contributed by atoms with Crippen LogP contribution in [-0.2, 0) is 5.79 Å². The summed E-state index contributed by atoms with van der Waals surface area (Å²) in [6.45, 7) is 2.49. The van der Waals surface area contributed by atoms with Crippen molar-refractivity contribution >= 4 is 39.9 Å². The average Bonchev–Trinajstić information content (AvgIpc) is 3.13. The number of anilines is 1. The van der Waals surface area contributed by atoms with Crippen LogP contribution in [0.25, 0.3) is 0 Å². The van der Waals surface area contributed by atoms with E-state index in [2.05, 4.69) is 11.8 Å². The maximum atomic E-state index is 14.3. The second-order valence-electron chi connectivity index (χ2n) is 7.89. The molecule has 0 fully saturated rings. The zero-order valence-corrected chi connectivity index (χ0v) is 20.6. The molecule has 4 rings (SSSR count). The average molecular weight is 479 g/mol. The van der Waals surface area contributed by atoms with Gasteiger partial charge in [0.1, 0.15) is 6.54 Å². The molecule has 0 saturated heterocycles. The van der Waals surface area contributed by atoms with Crippen molar-refractivity contribution in [3.8, 4) is 0 Å². The number of nitrogens with zero attached hydrogens (tertiary/aromatic N) is 4. The van der Waals surface area contributed by atoms with E-state index < -0.39 is 5.79 Å². The summed E-state index contributed by atoms with van der Waals surface area (Å²) in [4.78, 5) is 9.22. The van der Waals surface area contributed by atoms with Crippen molar-refractivity contribution in [1.29, 1.82) is 0 Å². The van der Waals surface area contributed by atoms with E-state index in [9.17, 15) is 5.21 Å². The van der Waals surface area contributed by atoms with Crippen LogP contribution in [0.2, 0.25) is 5.02 Å². The first-order valence-corrected chi connectivity index (χ1v) is 12.2. The highest BCUT2D eigenvalue weighted by Crippen LogP contribution is 2.41. The Labute approximate surface area is 204 Å². The molecule has 170 valence electrons. The van der Waals surface area contributed by atoms with E-state index in [0.717, 1.165) is 32.5 Å². The van der Waals surface area contributed by atoms with Crippen molar-refractivity contribution < 1.29 is 4.74 Å². The van der Waals surface area contributed by atoms with E-state index in [1.807, 2.05) is 104 Å². The van der Waals surface area contributed by atoms with Crippen molar-refractivity contribution in [2.45, 2.75) is 12.7 Å². The van der Waals surface area contributed by atoms with Crippen LogP contribution in [0.3, 0.4) is 0 Å². The third-order valence-corrected chi connectivity index (χ3v) is 6.78. The molecule has 3 aromatic carbocycles. The Bertz CT molecular complexity index is 1150. The fraction of sp³-hybridized carbons (Fsp3) is 0.231. The molecular weight excluding hydrogens is 452 g/mol. The zero-order valence-electron chi connectivity index (χ0n) is 19.0. The van der Waals surface area contributed by atoms with Crippen LogP contribution in [0.4, 0.5) is 5.69 Å². The summed E-state index contributed by atoms with van der Waals surface area (Å²) < 4.78 is 1.08. The largest absolute Gasteiger partial charge is 0.620 e. The summed E-state index contributed by atoms with van der Waals surface area (Å²) in [5, 5.41) is 15.8. The topological polar surface area (TPSA) is 44.9 Å². The van der Waals surface area contributed by atoms with Crippen molar-refractivity contribution in [1.82, 2.24) is 4.90 Å². The molecule has 0 bridgehead atoms. The summed E-state index contributed by atoms with van der Waals surface area (Å²) in [6, 6.07) is 27.2. The SMILES string of the molecule is CCS/C(=N/C1(c2ccccc2)N(c2ccc(Cl)cc2)CC(c2ccccc2)=[N+]1[O-])N(C)C. The summed E-state index contributed by atoms with van der Waals surface area (Å²) in [5.74, 6) is -0.459. The normalized spacial score (nSPS) is 18.7. The Balaban J connectivity index is 2.03. The molecule has 0 spiro atoms. The number of hydrogen-bond donors (Lipinski definition) is 0. The number of hydroxylamine groups is 1. The Morgan fingerprint density at radius 1 is 1.03 bits per heavy atom. The van der Waals surface area contributed by atoms with Crippen LogP contribution in [-0.4, -0.2) is 46.9 Å². The summed E-state index contributed by atoms with van der Waals surface area (Å²) in [6.07, 6.45) is 0. The van der Waals surface area contributed by atoms with Gasteiger partial charge in [0.05, 0.1) is 5.56 Å². The smallest absolute Gasteiger partial charge is 0.379 e. The summed E-state index contributed by atoms with van der Waals surface area (Å²) in [7, 11) is 3.91. The van der Waals surface area contributed by atoms with E-state index in [0.29, 0.717) is 17.3 Å². The number of benzene rings is 3. The lowest BCUT2D eigenvalue weighted by Crippen LogP contribution is -2.48. The van der Waals surface area contributed by atoms with Crippen molar-refractivity contribution in [2.24, 2.45) is 4.99 Å². The molecule has 7 heteroatoms. The van der Waals surface area contributed by atoms with Gasteiger partial charge in [0.25, 0.3) is 0 Å². The van der Waals surface area contributed by atoms with Gasteiger partial charge in [-0.2, -0.15) is 9.73 Å². The monoisotopic (exact) mass is 478 g/mol. The predicted molar refractivity (Wildman–Crippen MR) is 140 cm³/mol. The minimum Gasteiger partial charge on any atom is -0.620 e. The fourth-order valence-electron chi connectivity index (χ4n) is 3.98. The van der Waals surface area contributed by atoms with Gasteiger partial charge in [0.15, 0.2) is 5.17 Å². The number of hydrogen-bond acceptors (Lipinski definition) is 4. The second-order valence-corrected chi connectivity index (χ2v) is 9.56. The Kier molecular flexibility index (Phi) is 6.96. The Hall–Kier alpha value is -2.96. The van der Waals surface area contributed by atoms with Crippen molar-refractivity contribution in [3.05, 3.63) is 106 Å². The molecule has 1 atom stereocenters. The second kappa shape index (κ2) is 9.89. The first-order chi connectivity index (χ1) is 16.0. The van der Waals surface area contributed by atoms with Crippen LogP contribution in [0.15, 0.2) is 89.9 Å². The predicted octanol–water partition coefficient (Wildman–Crippen LogP) is 5.64. The van der Waals surface area contributed by atoms with Gasteiger partial charge in [-0.1, -0.05) is 66.7 Å². The molecular formula is C26H27ClN4OS. The molecule has 1 unspecified atom stereocenters. The van der Waals surface area contributed by atoms with Crippen molar-refractivity contribution in [3.63, 3.8) is 0 Å². The molecule has 0 amide bonds. The maximum absolute atomic E-state index is 14.3. The van der Waals surface area contributed by atoms with Crippen LogP contribution < -0.4 is 4.90 Å². The fourth-order valence-corrected chi connectivity index (χ4v) is 4.82. The molecule has 0 N–H and O–H groups in total. The van der Waals surface area contributed by atoms with Gasteiger partial charge in [0.2, 0.25) is 5.71 Å². The third kappa shape index (κ3) is 4.45. The van der Waals surface area contributed by atoms with Gasteiger partial charge < -0.3 is 10.1 Å². The number of halogens is 1. The Morgan fingerprint density at radius 2 is 1.64 bits per heavy atom. The summed E-state index contributed by atoms with van der Waals surface area (Å²) in [5.41, 5.74) is 3.22. The standard InChI is InChI=1S/C26H27ClN4OS/c1-4-33-25(29(2)3)28-26(21-13-9-6-10-14-21)30(23-17-15-22(27)16-18-23)19-24(31(26)32)20-11-7-5-8-12-20/h5-18H,4,19H2,1-3H3/b28-25+. The molecule has 33 heavy (non-hydrogen) atoms. The molecule has 3 aromatic rings. The van der Waals surface area contributed by atoms with Gasteiger partial charge in [-0.3, -0.25) is 4.90 Å². The highest BCUT2D eigenvalue weighted by Gasteiger charge is 2.55. The minimum atomic E-state index is -1.30. The first-order valence-electron chi connectivity index (χ1n) is 10.8. The first kappa shape index (κ1) is 23.2. The number of rotatable bonds is 5. The van der Waals surface area contributed by atoms with Crippen LogP contribution in [0.1, 0.15) is 18.1 Å². The van der Waals surface area contributed by atoms with Gasteiger partial charge in [-0.05, 0) is 54.3 Å². The zero-order chi connectivity index (χ0) is 23.4. The number of thioether (sulfide) groups is 1. The van der Waals surface area contributed by atoms with Crippen LogP contribution >= 0.6 is 23.4 Å². The highest BCUT2D eigenvalue weighted by atomic mass is 35.5. The van der Waals surface area contributed by atoms with Gasteiger partial charge in [-0.25, -0.2) is 0 Å². The van der Waals surface area contributed by atoms with Crippen LogP contribution in [0, 0.1) is 5.21 Å². The molecule has 5 nitrogen and oxygen atoms in total. The van der Waals surface area contributed by atoms with Gasteiger partial charge in [0, 0.05) is 30.4 Å². The van der Waals surface area contributed by atoms with Crippen molar-refractivity contribution in [2.75, 3.05) is 31.3 Å². The quantitative estimate of drug-likeness (QED) is 0.206. The lowest BCUT2D eigenvalue weighted by molar-refractivity contribution is -0.547. The molecule has 0 radical (unpaired) electrons. The third-order valence-electron chi connectivity index (χ3n) is 5.53. The molecule has 0 saturated carbocycles. The molecule has 0 aromatic heterocycles. The molecule has 1 heterocycles. The van der Waals surface area contributed by atoms with E-state index in [1.165, 1.54) is 0 Å². The molecule has 1 aliphatic heterocycles.